The smallest absolute Gasteiger partial charge is 0.306 e. The zero-order valence-electron chi connectivity index (χ0n) is 10.2. The van der Waals surface area contributed by atoms with Crippen molar-refractivity contribution in [2.75, 3.05) is 6.61 Å². The molecular weight excluding hydrogens is 214 g/mol. The molecule has 1 aromatic rings. The lowest BCUT2D eigenvalue weighted by Crippen LogP contribution is -2.31. The summed E-state index contributed by atoms with van der Waals surface area (Å²) in [6.45, 7) is 2.28. The van der Waals surface area contributed by atoms with Gasteiger partial charge in [-0.2, -0.15) is 0 Å². The van der Waals surface area contributed by atoms with Crippen LogP contribution in [-0.4, -0.2) is 18.6 Å². The van der Waals surface area contributed by atoms with Crippen molar-refractivity contribution in [2.24, 2.45) is 5.73 Å². The normalized spacial score (nSPS) is 22.9. The van der Waals surface area contributed by atoms with E-state index in [2.05, 4.69) is 12.1 Å². The lowest BCUT2D eigenvalue weighted by molar-refractivity contribution is -0.143. The maximum absolute atomic E-state index is 11.6. The van der Waals surface area contributed by atoms with Gasteiger partial charge in [-0.1, -0.05) is 24.3 Å². The molecule has 2 atom stereocenters. The summed E-state index contributed by atoms with van der Waals surface area (Å²) in [7, 11) is 0. The lowest BCUT2D eigenvalue weighted by Gasteiger charge is -2.29. The first-order valence-electron chi connectivity index (χ1n) is 6.19. The van der Waals surface area contributed by atoms with Crippen molar-refractivity contribution >= 4 is 5.97 Å². The topological polar surface area (TPSA) is 52.3 Å². The molecule has 1 aromatic carbocycles. The molecule has 0 radical (unpaired) electrons. The highest BCUT2D eigenvalue weighted by Gasteiger charge is 2.26. The molecule has 3 nitrogen and oxygen atoms in total. The van der Waals surface area contributed by atoms with Gasteiger partial charge >= 0.3 is 5.97 Å². The van der Waals surface area contributed by atoms with Gasteiger partial charge in [0.05, 0.1) is 13.0 Å². The number of hydrogen-bond donors (Lipinski definition) is 1. The monoisotopic (exact) mass is 233 g/mol. The average molecular weight is 233 g/mol. The Kier molecular flexibility index (Phi) is 3.79. The second kappa shape index (κ2) is 5.32. The highest BCUT2D eigenvalue weighted by Crippen LogP contribution is 2.33. The van der Waals surface area contributed by atoms with Gasteiger partial charge < -0.3 is 10.5 Å². The summed E-state index contributed by atoms with van der Waals surface area (Å²) >= 11 is 0. The molecule has 3 heteroatoms. The lowest BCUT2D eigenvalue weighted by atomic mass is 9.79. The van der Waals surface area contributed by atoms with Crippen LogP contribution in [0.2, 0.25) is 0 Å². The van der Waals surface area contributed by atoms with Gasteiger partial charge in [0.25, 0.3) is 0 Å². The van der Waals surface area contributed by atoms with Gasteiger partial charge in [0.15, 0.2) is 0 Å². The molecular formula is C14H19NO2. The van der Waals surface area contributed by atoms with E-state index in [1.165, 1.54) is 11.1 Å². The van der Waals surface area contributed by atoms with E-state index in [4.69, 9.17) is 10.5 Å². The minimum absolute atomic E-state index is 0.124. The minimum Gasteiger partial charge on any atom is -0.466 e. The molecule has 0 heterocycles. The van der Waals surface area contributed by atoms with Crippen LogP contribution in [-0.2, 0) is 16.0 Å². The van der Waals surface area contributed by atoms with Crippen molar-refractivity contribution in [3.05, 3.63) is 35.4 Å². The Morgan fingerprint density at radius 1 is 1.47 bits per heavy atom. The van der Waals surface area contributed by atoms with Crippen LogP contribution in [0.4, 0.5) is 0 Å². The van der Waals surface area contributed by atoms with E-state index in [0.29, 0.717) is 13.0 Å². The summed E-state index contributed by atoms with van der Waals surface area (Å²) in [5.74, 6) is 0.0930. The van der Waals surface area contributed by atoms with Gasteiger partial charge in [0, 0.05) is 6.04 Å². The predicted molar refractivity (Wildman–Crippen MR) is 66.7 cm³/mol. The molecule has 92 valence electrons. The fourth-order valence-electron chi connectivity index (χ4n) is 2.59. The van der Waals surface area contributed by atoms with Crippen molar-refractivity contribution < 1.29 is 9.53 Å². The third-order valence-electron chi connectivity index (χ3n) is 3.28. The van der Waals surface area contributed by atoms with Crippen LogP contribution in [0.1, 0.15) is 36.8 Å². The van der Waals surface area contributed by atoms with Crippen molar-refractivity contribution in [1.29, 1.82) is 0 Å². The van der Waals surface area contributed by atoms with E-state index in [-0.39, 0.29) is 17.9 Å². The largest absolute Gasteiger partial charge is 0.466 e. The van der Waals surface area contributed by atoms with E-state index in [0.717, 1.165) is 12.8 Å². The third-order valence-corrected chi connectivity index (χ3v) is 3.28. The molecule has 0 fully saturated rings. The molecule has 0 amide bonds. The zero-order chi connectivity index (χ0) is 12.3. The molecule has 0 aromatic heterocycles. The van der Waals surface area contributed by atoms with E-state index >= 15 is 0 Å². The maximum Gasteiger partial charge on any atom is 0.306 e. The summed E-state index contributed by atoms with van der Waals surface area (Å²) < 4.78 is 5.02. The van der Waals surface area contributed by atoms with Crippen molar-refractivity contribution in [2.45, 2.75) is 38.1 Å². The number of benzene rings is 1. The molecule has 0 bridgehead atoms. The second-order valence-corrected chi connectivity index (χ2v) is 4.60. The molecule has 0 spiro atoms. The Hall–Kier alpha value is -1.35. The molecule has 2 rings (SSSR count). The van der Waals surface area contributed by atoms with Crippen LogP contribution >= 0.6 is 0 Å². The summed E-state index contributed by atoms with van der Waals surface area (Å²) in [5, 5.41) is 0. The van der Waals surface area contributed by atoms with E-state index in [9.17, 15) is 4.79 Å². The van der Waals surface area contributed by atoms with Gasteiger partial charge in [0.2, 0.25) is 0 Å². The van der Waals surface area contributed by atoms with Crippen molar-refractivity contribution in [1.82, 2.24) is 0 Å². The van der Waals surface area contributed by atoms with Crippen LogP contribution in [0.25, 0.3) is 0 Å². The summed E-state index contributed by atoms with van der Waals surface area (Å²) in [6.07, 6.45) is 2.23. The van der Waals surface area contributed by atoms with Gasteiger partial charge in [-0.15, -0.1) is 0 Å². The Morgan fingerprint density at radius 2 is 2.24 bits per heavy atom. The van der Waals surface area contributed by atoms with Crippen molar-refractivity contribution in [3.8, 4) is 0 Å². The molecule has 1 aliphatic rings. The molecule has 1 aliphatic carbocycles. The van der Waals surface area contributed by atoms with E-state index in [1.807, 2.05) is 19.1 Å². The number of carbonyl (C=O) groups excluding carboxylic acids is 1. The fraction of sp³-hybridized carbons (Fsp3) is 0.500. The van der Waals surface area contributed by atoms with Gasteiger partial charge in [-0.25, -0.2) is 0 Å². The second-order valence-electron chi connectivity index (χ2n) is 4.60. The first-order chi connectivity index (χ1) is 8.20. The van der Waals surface area contributed by atoms with Gasteiger partial charge in [0.1, 0.15) is 0 Å². The van der Waals surface area contributed by atoms with E-state index in [1.54, 1.807) is 0 Å². The Morgan fingerprint density at radius 3 is 3.00 bits per heavy atom. The number of carbonyl (C=O) groups is 1. The highest BCUT2D eigenvalue weighted by atomic mass is 16.5. The van der Waals surface area contributed by atoms with Crippen molar-refractivity contribution in [3.63, 3.8) is 0 Å². The predicted octanol–water partition coefficient (Wildman–Crippen LogP) is 2.00. The number of hydrogen-bond acceptors (Lipinski definition) is 3. The van der Waals surface area contributed by atoms with Crippen LogP contribution in [0.5, 0.6) is 0 Å². The van der Waals surface area contributed by atoms with Crippen LogP contribution in [0, 0.1) is 0 Å². The van der Waals surface area contributed by atoms with Gasteiger partial charge in [-0.05, 0) is 36.8 Å². The molecule has 0 saturated heterocycles. The summed E-state index contributed by atoms with van der Waals surface area (Å²) in [6, 6.07) is 8.41. The summed E-state index contributed by atoms with van der Waals surface area (Å²) in [4.78, 5) is 11.6. The SMILES string of the molecule is CCOC(=O)C[C@@H]1C[C@@H](N)Cc2ccccc21. The molecule has 17 heavy (non-hydrogen) atoms. The molecule has 2 N–H and O–H groups in total. The van der Waals surface area contributed by atoms with Crippen LogP contribution in [0.15, 0.2) is 24.3 Å². The Bertz CT molecular complexity index is 403. The van der Waals surface area contributed by atoms with Gasteiger partial charge in [-0.3, -0.25) is 4.79 Å². The fourth-order valence-corrected chi connectivity index (χ4v) is 2.59. The van der Waals surface area contributed by atoms with Crippen LogP contribution in [0.3, 0.4) is 0 Å². The quantitative estimate of drug-likeness (QED) is 0.812. The number of ether oxygens (including phenoxy) is 1. The molecule has 0 aliphatic heterocycles. The maximum atomic E-state index is 11.6. The van der Waals surface area contributed by atoms with Crippen LogP contribution < -0.4 is 5.73 Å². The highest BCUT2D eigenvalue weighted by molar-refractivity contribution is 5.70. The first kappa shape index (κ1) is 12.1. The average Bonchev–Trinajstić information content (AvgIpc) is 2.29. The molecule has 0 saturated carbocycles. The standard InChI is InChI=1S/C14H19NO2/c1-2-17-14(16)9-11-8-12(15)7-10-5-3-4-6-13(10)11/h3-6,11-12H,2,7-9,15H2,1H3/t11-,12-/m0/s1. The number of fused-ring (bicyclic) bond motifs is 1. The van der Waals surface area contributed by atoms with E-state index < -0.39 is 0 Å². The third kappa shape index (κ3) is 2.86. The number of rotatable bonds is 3. The number of esters is 1. The minimum atomic E-state index is -0.124. The Balaban J connectivity index is 2.15. The Labute approximate surface area is 102 Å². The first-order valence-corrected chi connectivity index (χ1v) is 6.19. The summed E-state index contributed by atoms with van der Waals surface area (Å²) in [5.41, 5.74) is 8.58. The molecule has 0 unspecified atom stereocenters. The zero-order valence-corrected chi connectivity index (χ0v) is 10.2. The number of nitrogens with two attached hydrogens (primary N) is 1.